The first kappa shape index (κ1) is 71.3. The Morgan fingerprint density at radius 2 is 0.533 bits per heavy atom. The minimum Gasteiger partial charge on any atom is -0.462 e. The van der Waals surface area contributed by atoms with E-state index in [0.29, 0.717) is 19.3 Å². The van der Waals surface area contributed by atoms with Crippen molar-refractivity contribution in [3.05, 3.63) is 97.2 Å². The second-order valence-corrected chi connectivity index (χ2v) is 20.9. The summed E-state index contributed by atoms with van der Waals surface area (Å²) in [5, 5.41) is 0. The zero-order valence-electron chi connectivity index (χ0n) is 49.3. The Kier molecular flexibility index (Phi) is 59.8. The number of allylic oxidation sites excluding steroid dienone is 16. The van der Waals surface area contributed by atoms with Crippen LogP contribution in [0.4, 0.5) is 0 Å². The van der Waals surface area contributed by atoms with E-state index in [9.17, 15) is 14.4 Å². The van der Waals surface area contributed by atoms with Gasteiger partial charge in [0.05, 0.1) is 0 Å². The van der Waals surface area contributed by atoms with Gasteiger partial charge in [0.25, 0.3) is 0 Å². The van der Waals surface area contributed by atoms with Gasteiger partial charge in [0, 0.05) is 19.3 Å². The summed E-state index contributed by atoms with van der Waals surface area (Å²) < 4.78 is 16.9. The lowest BCUT2D eigenvalue weighted by atomic mass is 10.0. The summed E-state index contributed by atoms with van der Waals surface area (Å²) in [6.07, 6.45) is 84.1. The second kappa shape index (κ2) is 62.9. The van der Waals surface area contributed by atoms with Crippen LogP contribution >= 0.6 is 0 Å². The Labute approximate surface area is 464 Å². The lowest BCUT2D eigenvalue weighted by Crippen LogP contribution is -2.30. The van der Waals surface area contributed by atoms with Gasteiger partial charge in [-0.05, 0) is 116 Å². The predicted molar refractivity (Wildman–Crippen MR) is 325 cm³/mol. The number of ether oxygens (including phenoxy) is 3. The molecule has 430 valence electrons. The summed E-state index contributed by atoms with van der Waals surface area (Å²) >= 11 is 0. The average molecular weight is 1040 g/mol. The van der Waals surface area contributed by atoms with Crippen molar-refractivity contribution >= 4 is 17.9 Å². The molecule has 0 rings (SSSR count). The fourth-order valence-electron chi connectivity index (χ4n) is 8.80. The van der Waals surface area contributed by atoms with E-state index in [0.717, 1.165) is 83.5 Å². The molecule has 0 N–H and O–H groups in total. The molecule has 0 saturated heterocycles. The number of rotatable bonds is 57. The highest BCUT2D eigenvalue weighted by molar-refractivity contribution is 5.71. The number of carbonyl (C=O) groups excluding carboxylic acids is 3. The Morgan fingerprint density at radius 3 is 0.893 bits per heavy atom. The highest BCUT2D eigenvalue weighted by Gasteiger charge is 2.19. The number of esters is 3. The minimum absolute atomic E-state index is 0.101. The van der Waals surface area contributed by atoms with Gasteiger partial charge in [0.2, 0.25) is 0 Å². The third-order valence-electron chi connectivity index (χ3n) is 13.5. The maximum absolute atomic E-state index is 12.9. The first-order chi connectivity index (χ1) is 37.0. The quantitative estimate of drug-likeness (QED) is 0.0261. The van der Waals surface area contributed by atoms with Crippen LogP contribution in [0.5, 0.6) is 0 Å². The minimum atomic E-state index is -0.811. The molecule has 1 atom stereocenters. The molecule has 0 bridgehead atoms. The standard InChI is InChI=1S/C69H118O6/c1-4-7-10-13-16-19-22-25-28-31-33-34-36-39-41-44-47-50-53-56-59-62-68(71)74-65-66(75-69(72)63-60-57-54-51-48-45-42-37-30-27-24-21-18-15-12-9-6-3)64-73-67(70)61-58-55-52-49-46-43-40-38-35-32-29-26-23-20-17-14-11-8-5-2/h9,12,17-18,20-21,25-30,42,45,51,54,66H,4-8,10-11,13-16,19,22-24,31-41,43-44,46-50,52-53,55-65H2,1-3H3/b12-9-,20-17-,21-18-,28-25-,29-26-,30-27-,45-42-,54-51-/t66-/m1/s1. The highest BCUT2D eigenvalue weighted by Crippen LogP contribution is 2.16. The van der Waals surface area contributed by atoms with E-state index in [4.69, 9.17) is 14.2 Å². The first-order valence-corrected chi connectivity index (χ1v) is 31.7. The van der Waals surface area contributed by atoms with Crippen LogP contribution in [0.1, 0.15) is 303 Å². The van der Waals surface area contributed by atoms with Gasteiger partial charge < -0.3 is 14.2 Å². The van der Waals surface area contributed by atoms with Crippen molar-refractivity contribution in [3.63, 3.8) is 0 Å². The first-order valence-electron chi connectivity index (χ1n) is 31.7. The number of hydrogen-bond acceptors (Lipinski definition) is 6. The van der Waals surface area contributed by atoms with E-state index in [1.54, 1.807) is 0 Å². The summed E-state index contributed by atoms with van der Waals surface area (Å²) in [7, 11) is 0. The summed E-state index contributed by atoms with van der Waals surface area (Å²) in [5.41, 5.74) is 0. The fourth-order valence-corrected chi connectivity index (χ4v) is 8.80. The Balaban J connectivity index is 4.43. The van der Waals surface area contributed by atoms with Gasteiger partial charge >= 0.3 is 17.9 Å². The van der Waals surface area contributed by atoms with Crippen LogP contribution in [0.3, 0.4) is 0 Å². The molecule has 6 heteroatoms. The van der Waals surface area contributed by atoms with E-state index >= 15 is 0 Å². The van der Waals surface area contributed by atoms with Gasteiger partial charge in [-0.2, -0.15) is 0 Å². The van der Waals surface area contributed by atoms with Crippen molar-refractivity contribution in [2.75, 3.05) is 13.2 Å². The average Bonchev–Trinajstić information content (AvgIpc) is 3.41. The van der Waals surface area contributed by atoms with Gasteiger partial charge in [-0.1, -0.05) is 266 Å². The molecular weight excluding hydrogens is 925 g/mol. The fraction of sp³-hybridized carbons (Fsp3) is 0.725. The van der Waals surface area contributed by atoms with Crippen LogP contribution in [0.25, 0.3) is 0 Å². The molecule has 0 radical (unpaired) electrons. The third-order valence-corrected chi connectivity index (χ3v) is 13.5. The summed E-state index contributed by atoms with van der Waals surface area (Å²) in [6, 6.07) is 0. The van der Waals surface area contributed by atoms with Gasteiger partial charge in [0.15, 0.2) is 6.10 Å². The molecule has 0 heterocycles. The molecule has 0 amide bonds. The van der Waals surface area contributed by atoms with Crippen molar-refractivity contribution < 1.29 is 28.6 Å². The van der Waals surface area contributed by atoms with Crippen molar-refractivity contribution in [3.8, 4) is 0 Å². The number of hydrogen-bond donors (Lipinski definition) is 0. The molecule has 0 aromatic heterocycles. The smallest absolute Gasteiger partial charge is 0.306 e. The van der Waals surface area contributed by atoms with Gasteiger partial charge in [-0.25, -0.2) is 0 Å². The normalized spacial score (nSPS) is 12.7. The lowest BCUT2D eigenvalue weighted by Gasteiger charge is -2.18. The molecular formula is C69H118O6. The van der Waals surface area contributed by atoms with Crippen LogP contribution in [0.15, 0.2) is 97.2 Å². The van der Waals surface area contributed by atoms with Crippen LogP contribution in [0, 0.1) is 0 Å². The van der Waals surface area contributed by atoms with Crippen LogP contribution in [-0.4, -0.2) is 37.2 Å². The van der Waals surface area contributed by atoms with E-state index in [1.165, 1.54) is 173 Å². The zero-order valence-corrected chi connectivity index (χ0v) is 49.3. The summed E-state index contributed by atoms with van der Waals surface area (Å²) in [4.78, 5) is 38.3. The zero-order chi connectivity index (χ0) is 54.3. The Bertz CT molecular complexity index is 1480. The van der Waals surface area contributed by atoms with Crippen LogP contribution < -0.4 is 0 Å². The van der Waals surface area contributed by atoms with Crippen LogP contribution in [-0.2, 0) is 28.6 Å². The summed E-state index contributed by atoms with van der Waals surface area (Å²) in [5.74, 6) is -0.956. The largest absolute Gasteiger partial charge is 0.462 e. The maximum Gasteiger partial charge on any atom is 0.306 e. The van der Waals surface area contributed by atoms with Crippen LogP contribution in [0.2, 0.25) is 0 Å². The molecule has 0 saturated carbocycles. The topological polar surface area (TPSA) is 78.9 Å². The molecule has 0 aliphatic carbocycles. The predicted octanol–water partition coefficient (Wildman–Crippen LogP) is 21.7. The molecule has 6 nitrogen and oxygen atoms in total. The van der Waals surface area contributed by atoms with E-state index < -0.39 is 6.10 Å². The van der Waals surface area contributed by atoms with E-state index in [-0.39, 0.29) is 37.5 Å². The molecule has 0 aliphatic rings. The third kappa shape index (κ3) is 61.1. The van der Waals surface area contributed by atoms with Gasteiger partial charge in [0.1, 0.15) is 13.2 Å². The Hall–Kier alpha value is -3.67. The monoisotopic (exact) mass is 1040 g/mol. The van der Waals surface area contributed by atoms with Crippen molar-refractivity contribution in [1.29, 1.82) is 0 Å². The molecule has 0 aromatic rings. The molecule has 0 fully saturated rings. The van der Waals surface area contributed by atoms with Gasteiger partial charge in [-0.15, -0.1) is 0 Å². The Morgan fingerprint density at radius 1 is 0.280 bits per heavy atom. The molecule has 75 heavy (non-hydrogen) atoms. The molecule has 0 unspecified atom stereocenters. The van der Waals surface area contributed by atoms with Crippen molar-refractivity contribution in [2.45, 2.75) is 309 Å². The summed E-state index contributed by atoms with van der Waals surface area (Å²) in [6.45, 7) is 6.47. The molecule has 0 aromatic carbocycles. The van der Waals surface area contributed by atoms with Crippen molar-refractivity contribution in [2.24, 2.45) is 0 Å². The van der Waals surface area contributed by atoms with Gasteiger partial charge in [-0.3, -0.25) is 14.4 Å². The second-order valence-electron chi connectivity index (χ2n) is 20.9. The van der Waals surface area contributed by atoms with Crippen molar-refractivity contribution in [1.82, 2.24) is 0 Å². The number of carbonyl (C=O) groups is 3. The highest BCUT2D eigenvalue weighted by atomic mass is 16.6. The number of unbranched alkanes of at least 4 members (excludes halogenated alkanes) is 30. The van der Waals surface area contributed by atoms with E-state index in [1.807, 2.05) is 0 Å². The SMILES string of the molecule is CC/C=C\C/C=C\C/C=C\C/C=C\C/C=C\CCCC(=O)O[C@H](COC(=O)CCCCCCCCCCC/C=C\C/C=C\CCCCC)COC(=O)CCCCCCCCCCCCC/C=C\CCCCCCCC. The molecule has 0 aliphatic heterocycles. The van der Waals surface area contributed by atoms with E-state index in [2.05, 4.69) is 118 Å². The molecule has 0 spiro atoms. The lowest BCUT2D eigenvalue weighted by molar-refractivity contribution is -0.167. The maximum atomic E-state index is 12.9.